The molecule has 1 aromatic carbocycles. The summed E-state index contributed by atoms with van der Waals surface area (Å²) < 4.78 is 4.62. The van der Waals surface area contributed by atoms with Crippen LogP contribution in [0.25, 0.3) is 0 Å². The zero-order valence-corrected chi connectivity index (χ0v) is 10.1. The van der Waals surface area contributed by atoms with E-state index in [0.717, 1.165) is 5.56 Å². The summed E-state index contributed by atoms with van der Waals surface area (Å²) in [6, 6.07) is 8.83. The number of hydrogen-bond acceptors (Lipinski definition) is 4. The molecule has 0 heterocycles. The standard InChI is InChI=1S/C13H16O5/c1-2-18-13(17)11(14)10(12(15)16)8-9-6-4-3-5-7-9/h3-7,10-11,14H,2,8H2,1H3,(H,15,16)/t10-,11-/m1/s1. The number of aliphatic hydroxyl groups excluding tert-OH is 1. The van der Waals surface area contributed by atoms with Crippen LogP contribution in [0.3, 0.4) is 0 Å². The molecule has 0 fully saturated rings. The van der Waals surface area contributed by atoms with E-state index in [1.54, 1.807) is 37.3 Å². The first-order valence-corrected chi connectivity index (χ1v) is 5.67. The molecule has 0 spiro atoms. The minimum Gasteiger partial charge on any atom is -0.481 e. The van der Waals surface area contributed by atoms with Gasteiger partial charge in [-0.2, -0.15) is 0 Å². The van der Waals surface area contributed by atoms with Crippen molar-refractivity contribution in [3.8, 4) is 0 Å². The second-order valence-electron chi connectivity index (χ2n) is 3.83. The third-order valence-electron chi connectivity index (χ3n) is 2.52. The summed E-state index contributed by atoms with van der Waals surface area (Å²) in [5, 5.41) is 18.7. The molecule has 1 rings (SSSR count). The average Bonchev–Trinajstić information content (AvgIpc) is 2.36. The predicted molar refractivity (Wildman–Crippen MR) is 63.9 cm³/mol. The number of carbonyl (C=O) groups excluding carboxylic acids is 1. The van der Waals surface area contributed by atoms with Crippen molar-refractivity contribution < 1.29 is 24.5 Å². The van der Waals surface area contributed by atoms with Crippen molar-refractivity contribution in [2.45, 2.75) is 19.4 Å². The summed E-state index contributed by atoms with van der Waals surface area (Å²) >= 11 is 0. The molecule has 0 bridgehead atoms. The molecule has 0 aliphatic heterocycles. The lowest BCUT2D eigenvalue weighted by Gasteiger charge is -2.17. The van der Waals surface area contributed by atoms with Gasteiger partial charge < -0.3 is 14.9 Å². The molecule has 1 aromatic rings. The maximum Gasteiger partial charge on any atom is 0.335 e. The fourth-order valence-electron chi connectivity index (χ4n) is 1.59. The lowest BCUT2D eigenvalue weighted by Crippen LogP contribution is -2.37. The lowest BCUT2D eigenvalue weighted by atomic mass is 9.94. The van der Waals surface area contributed by atoms with Gasteiger partial charge in [0.15, 0.2) is 6.10 Å². The molecule has 0 unspecified atom stereocenters. The second kappa shape index (κ2) is 6.76. The van der Waals surface area contributed by atoms with Gasteiger partial charge >= 0.3 is 11.9 Å². The van der Waals surface area contributed by atoms with Gasteiger partial charge in [-0.25, -0.2) is 4.79 Å². The predicted octanol–water partition coefficient (Wildman–Crippen LogP) is 0.854. The molecular formula is C13H16O5. The van der Waals surface area contributed by atoms with Crippen LogP contribution in [0.2, 0.25) is 0 Å². The summed E-state index contributed by atoms with van der Waals surface area (Å²) in [6.45, 7) is 1.70. The topological polar surface area (TPSA) is 83.8 Å². The van der Waals surface area contributed by atoms with Gasteiger partial charge in [0.2, 0.25) is 0 Å². The van der Waals surface area contributed by atoms with Crippen LogP contribution in [0.5, 0.6) is 0 Å². The van der Waals surface area contributed by atoms with E-state index in [4.69, 9.17) is 5.11 Å². The van der Waals surface area contributed by atoms with E-state index in [2.05, 4.69) is 4.74 Å². The smallest absolute Gasteiger partial charge is 0.335 e. The summed E-state index contributed by atoms with van der Waals surface area (Å²) in [7, 11) is 0. The molecule has 5 heteroatoms. The third kappa shape index (κ3) is 3.85. The Morgan fingerprint density at radius 3 is 2.39 bits per heavy atom. The highest BCUT2D eigenvalue weighted by Gasteiger charge is 2.33. The minimum atomic E-state index is -1.65. The van der Waals surface area contributed by atoms with Gasteiger partial charge in [-0.3, -0.25) is 4.79 Å². The fraction of sp³-hybridized carbons (Fsp3) is 0.385. The van der Waals surface area contributed by atoms with Crippen molar-refractivity contribution in [3.63, 3.8) is 0 Å². The molecule has 2 atom stereocenters. The first kappa shape index (κ1) is 14.2. The second-order valence-corrected chi connectivity index (χ2v) is 3.83. The van der Waals surface area contributed by atoms with Crippen LogP contribution in [0.4, 0.5) is 0 Å². The summed E-state index contributed by atoms with van der Waals surface area (Å²) in [4.78, 5) is 22.4. The summed E-state index contributed by atoms with van der Waals surface area (Å²) in [5.74, 6) is -3.33. The Balaban J connectivity index is 2.77. The van der Waals surface area contributed by atoms with Crippen molar-refractivity contribution in [1.29, 1.82) is 0 Å². The van der Waals surface area contributed by atoms with Gasteiger partial charge in [0.25, 0.3) is 0 Å². The van der Waals surface area contributed by atoms with E-state index < -0.39 is 24.0 Å². The van der Waals surface area contributed by atoms with E-state index in [9.17, 15) is 14.7 Å². The Bertz CT molecular complexity index is 401. The van der Waals surface area contributed by atoms with Gasteiger partial charge in [0.1, 0.15) is 0 Å². The Labute approximate surface area is 105 Å². The number of ether oxygens (including phenoxy) is 1. The number of benzene rings is 1. The van der Waals surface area contributed by atoms with Crippen molar-refractivity contribution in [3.05, 3.63) is 35.9 Å². The average molecular weight is 252 g/mol. The number of carboxylic acids is 1. The molecule has 0 amide bonds. The summed E-state index contributed by atoms with van der Waals surface area (Å²) in [6.07, 6.45) is -1.57. The van der Waals surface area contributed by atoms with Crippen molar-refractivity contribution >= 4 is 11.9 Å². The number of aliphatic hydroxyl groups is 1. The van der Waals surface area contributed by atoms with Crippen LogP contribution in [0, 0.1) is 5.92 Å². The first-order valence-electron chi connectivity index (χ1n) is 5.67. The van der Waals surface area contributed by atoms with Crippen LogP contribution in [0.1, 0.15) is 12.5 Å². The van der Waals surface area contributed by atoms with E-state index >= 15 is 0 Å². The van der Waals surface area contributed by atoms with Crippen LogP contribution in [-0.4, -0.2) is 34.9 Å². The Morgan fingerprint density at radius 2 is 1.89 bits per heavy atom. The summed E-state index contributed by atoms with van der Waals surface area (Å²) in [5.41, 5.74) is 0.744. The van der Waals surface area contributed by atoms with Crippen molar-refractivity contribution in [1.82, 2.24) is 0 Å². The SMILES string of the molecule is CCOC(=O)[C@H](O)[C@@H](Cc1ccccc1)C(=O)O. The van der Waals surface area contributed by atoms with Crippen molar-refractivity contribution in [2.24, 2.45) is 5.92 Å². The highest BCUT2D eigenvalue weighted by Crippen LogP contribution is 2.14. The molecular weight excluding hydrogens is 236 g/mol. The number of esters is 1. The number of aliphatic carboxylic acids is 1. The first-order chi connectivity index (χ1) is 8.56. The van der Waals surface area contributed by atoms with Crippen LogP contribution in [-0.2, 0) is 20.7 Å². The molecule has 98 valence electrons. The maximum atomic E-state index is 11.3. The van der Waals surface area contributed by atoms with E-state index in [-0.39, 0.29) is 13.0 Å². The van der Waals surface area contributed by atoms with Crippen LogP contribution >= 0.6 is 0 Å². The van der Waals surface area contributed by atoms with Gasteiger partial charge in [-0.1, -0.05) is 30.3 Å². The van der Waals surface area contributed by atoms with Gasteiger partial charge in [0.05, 0.1) is 12.5 Å². The third-order valence-corrected chi connectivity index (χ3v) is 2.52. The Hall–Kier alpha value is -1.88. The Morgan fingerprint density at radius 1 is 1.28 bits per heavy atom. The Kier molecular flexibility index (Phi) is 5.32. The molecule has 2 N–H and O–H groups in total. The minimum absolute atomic E-state index is 0.0795. The number of rotatable bonds is 6. The number of hydrogen-bond donors (Lipinski definition) is 2. The van der Waals surface area contributed by atoms with E-state index in [0.29, 0.717) is 0 Å². The number of carbonyl (C=O) groups is 2. The highest BCUT2D eigenvalue weighted by atomic mass is 16.5. The normalized spacial score (nSPS) is 13.7. The zero-order valence-electron chi connectivity index (χ0n) is 10.1. The number of carboxylic acid groups (broad SMARTS) is 1. The van der Waals surface area contributed by atoms with E-state index in [1.165, 1.54) is 0 Å². The van der Waals surface area contributed by atoms with Crippen molar-refractivity contribution in [2.75, 3.05) is 6.61 Å². The largest absolute Gasteiger partial charge is 0.481 e. The monoisotopic (exact) mass is 252 g/mol. The zero-order chi connectivity index (χ0) is 13.5. The highest BCUT2D eigenvalue weighted by molar-refractivity contribution is 5.83. The molecule has 5 nitrogen and oxygen atoms in total. The fourth-order valence-corrected chi connectivity index (χ4v) is 1.59. The molecule has 0 saturated heterocycles. The lowest BCUT2D eigenvalue weighted by molar-refractivity contribution is -0.163. The molecule has 0 aromatic heterocycles. The maximum absolute atomic E-state index is 11.3. The quantitative estimate of drug-likeness (QED) is 0.733. The van der Waals surface area contributed by atoms with E-state index in [1.807, 2.05) is 0 Å². The van der Waals surface area contributed by atoms with Gasteiger partial charge in [-0.15, -0.1) is 0 Å². The van der Waals surface area contributed by atoms with Gasteiger partial charge in [0, 0.05) is 0 Å². The molecule has 18 heavy (non-hydrogen) atoms. The molecule has 0 aliphatic rings. The molecule has 0 saturated carbocycles. The van der Waals surface area contributed by atoms with Crippen LogP contribution in [0.15, 0.2) is 30.3 Å². The molecule has 0 aliphatic carbocycles. The molecule has 0 radical (unpaired) electrons. The van der Waals surface area contributed by atoms with Gasteiger partial charge in [-0.05, 0) is 18.9 Å². The van der Waals surface area contributed by atoms with Crippen LogP contribution < -0.4 is 0 Å².